The molecule has 0 unspecified atom stereocenters. The third-order valence-electron chi connectivity index (χ3n) is 8.06. The van der Waals surface area contributed by atoms with E-state index in [4.69, 9.17) is 0 Å². The Labute approximate surface area is 220 Å². The number of rotatable bonds is 11. The molecule has 1 aliphatic carbocycles. The van der Waals surface area contributed by atoms with Crippen molar-refractivity contribution in [3.63, 3.8) is 0 Å². The number of halogens is 3. The summed E-state index contributed by atoms with van der Waals surface area (Å²) in [6.07, 6.45) is 13.3. The molecule has 0 bridgehead atoms. The Hall–Kier alpha value is -2.81. The van der Waals surface area contributed by atoms with E-state index in [1.165, 1.54) is 6.42 Å². The number of hydrogen-bond donors (Lipinski definition) is 0. The van der Waals surface area contributed by atoms with Gasteiger partial charge >= 0.3 is 0 Å². The molecule has 0 atom stereocenters. The highest BCUT2D eigenvalue weighted by atomic mass is 19.2. The van der Waals surface area contributed by atoms with E-state index >= 15 is 4.39 Å². The van der Waals surface area contributed by atoms with Crippen LogP contribution < -0.4 is 0 Å². The average molecular weight is 505 g/mol. The maximum Gasteiger partial charge on any atom is 0.166 e. The Morgan fingerprint density at radius 3 is 2.16 bits per heavy atom. The second-order valence-electron chi connectivity index (χ2n) is 10.6. The lowest BCUT2D eigenvalue weighted by atomic mass is 9.77. The van der Waals surface area contributed by atoms with Crippen LogP contribution in [0.5, 0.6) is 0 Å². The highest BCUT2D eigenvalue weighted by Crippen LogP contribution is 2.39. The molecule has 196 valence electrons. The fourth-order valence-electron chi connectivity index (χ4n) is 5.74. The van der Waals surface area contributed by atoms with Gasteiger partial charge in [-0.05, 0) is 97.1 Å². The van der Waals surface area contributed by atoms with E-state index in [0.29, 0.717) is 17.5 Å². The number of aryl methyl sites for hydroxylation is 1. The van der Waals surface area contributed by atoms with Crippen LogP contribution in [0.4, 0.5) is 13.2 Å². The molecule has 1 saturated carbocycles. The van der Waals surface area contributed by atoms with Gasteiger partial charge in [-0.2, -0.15) is 0 Å². The van der Waals surface area contributed by atoms with E-state index in [0.717, 1.165) is 80.4 Å². The second-order valence-corrected chi connectivity index (χ2v) is 10.6. The molecule has 0 amide bonds. The van der Waals surface area contributed by atoms with Crippen molar-refractivity contribution in [1.29, 1.82) is 0 Å². The second kappa shape index (κ2) is 13.1. The van der Waals surface area contributed by atoms with E-state index in [9.17, 15) is 8.78 Å². The minimum absolute atomic E-state index is 0.154. The van der Waals surface area contributed by atoms with Crippen LogP contribution in [-0.4, -0.2) is 0 Å². The number of unbranched alkanes of at least 4 members (excludes halogenated alkanes) is 3. The largest absolute Gasteiger partial charge is 0.207 e. The van der Waals surface area contributed by atoms with Gasteiger partial charge in [-0.25, -0.2) is 13.2 Å². The number of allylic oxidation sites excluding steroid dienone is 1. The zero-order chi connectivity index (χ0) is 26.2. The third-order valence-corrected chi connectivity index (χ3v) is 8.06. The minimum Gasteiger partial charge on any atom is -0.207 e. The molecular formula is C34H39F3. The van der Waals surface area contributed by atoms with Crippen LogP contribution in [0.25, 0.3) is 22.3 Å². The first kappa shape index (κ1) is 27.2. The lowest BCUT2D eigenvalue weighted by molar-refractivity contribution is 0.308. The summed E-state index contributed by atoms with van der Waals surface area (Å²) in [6, 6.07) is 16.2. The molecule has 0 aliphatic heterocycles. The van der Waals surface area contributed by atoms with Crippen LogP contribution in [0.3, 0.4) is 0 Å². The van der Waals surface area contributed by atoms with Crippen LogP contribution >= 0.6 is 0 Å². The number of hydrogen-bond acceptors (Lipinski definition) is 0. The Balaban J connectivity index is 1.43. The van der Waals surface area contributed by atoms with Crippen molar-refractivity contribution < 1.29 is 13.2 Å². The van der Waals surface area contributed by atoms with Crippen molar-refractivity contribution in [1.82, 2.24) is 0 Å². The fraction of sp³-hybridized carbons (Fsp3) is 0.412. The molecule has 3 aromatic carbocycles. The van der Waals surface area contributed by atoms with E-state index in [-0.39, 0.29) is 17.3 Å². The molecule has 1 aliphatic rings. The van der Waals surface area contributed by atoms with Crippen LogP contribution in [0.1, 0.15) is 88.2 Å². The molecule has 0 radical (unpaired) electrons. The molecule has 4 rings (SSSR count). The van der Waals surface area contributed by atoms with Crippen molar-refractivity contribution in [2.24, 2.45) is 5.92 Å². The Morgan fingerprint density at radius 2 is 1.49 bits per heavy atom. The van der Waals surface area contributed by atoms with Gasteiger partial charge in [0, 0.05) is 5.56 Å². The fourth-order valence-corrected chi connectivity index (χ4v) is 5.74. The smallest absolute Gasteiger partial charge is 0.166 e. The van der Waals surface area contributed by atoms with Gasteiger partial charge < -0.3 is 0 Å². The maximum atomic E-state index is 15.1. The molecular weight excluding hydrogens is 465 g/mol. The average Bonchev–Trinajstić information content (AvgIpc) is 2.93. The SMILES string of the molecule is C=CCCC1CCC(c2ccc(-c3ccc(-c4ccc(CCCCCC)c(F)c4F)cc3)cc2F)CC1. The van der Waals surface area contributed by atoms with Crippen molar-refractivity contribution in [3.05, 3.63) is 95.8 Å². The summed E-state index contributed by atoms with van der Waals surface area (Å²) in [4.78, 5) is 0. The highest BCUT2D eigenvalue weighted by molar-refractivity contribution is 5.71. The third kappa shape index (κ3) is 6.74. The van der Waals surface area contributed by atoms with E-state index < -0.39 is 11.6 Å². The summed E-state index contributed by atoms with van der Waals surface area (Å²) < 4.78 is 44.7. The topological polar surface area (TPSA) is 0 Å². The first-order valence-corrected chi connectivity index (χ1v) is 14.0. The predicted octanol–water partition coefficient (Wildman–Crippen LogP) is 10.8. The zero-order valence-corrected chi connectivity index (χ0v) is 22.0. The van der Waals surface area contributed by atoms with Gasteiger partial charge in [0.05, 0.1) is 0 Å². The molecule has 37 heavy (non-hydrogen) atoms. The van der Waals surface area contributed by atoms with E-state index in [1.54, 1.807) is 30.3 Å². The Morgan fingerprint density at radius 1 is 0.784 bits per heavy atom. The Bertz CT molecular complexity index is 1170. The monoisotopic (exact) mass is 504 g/mol. The van der Waals surface area contributed by atoms with Gasteiger partial charge in [0.2, 0.25) is 0 Å². The molecule has 1 fully saturated rings. The van der Waals surface area contributed by atoms with Crippen molar-refractivity contribution in [2.75, 3.05) is 0 Å². The van der Waals surface area contributed by atoms with Gasteiger partial charge in [0.25, 0.3) is 0 Å². The first-order chi connectivity index (χ1) is 18.0. The normalized spacial score (nSPS) is 17.6. The van der Waals surface area contributed by atoms with Crippen LogP contribution in [0.2, 0.25) is 0 Å². The van der Waals surface area contributed by atoms with E-state index in [1.807, 2.05) is 30.3 Å². The van der Waals surface area contributed by atoms with Gasteiger partial charge in [0.15, 0.2) is 11.6 Å². The summed E-state index contributed by atoms with van der Waals surface area (Å²) in [5.41, 5.74) is 3.77. The van der Waals surface area contributed by atoms with Gasteiger partial charge in [-0.3, -0.25) is 0 Å². The van der Waals surface area contributed by atoms with Gasteiger partial charge in [0.1, 0.15) is 5.82 Å². The van der Waals surface area contributed by atoms with E-state index in [2.05, 4.69) is 13.5 Å². The van der Waals surface area contributed by atoms with Gasteiger partial charge in [-0.1, -0.05) is 80.8 Å². The maximum absolute atomic E-state index is 15.1. The molecule has 0 N–H and O–H groups in total. The van der Waals surface area contributed by atoms with Crippen molar-refractivity contribution in [3.8, 4) is 22.3 Å². The predicted molar refractivity (Wildman–Crippen MR) is 149 cm³/mol. The summed E-state index contributed by atoms with van der Waals surface area (Å²) in [5.74, 6) is -0.682. The lowest BCUT2D eigenvalue weighted by Gasteiger charge is -2.29. The van der Waals surface area contributed by atoms with Crippen molar-refractivity contribution >= 4 is 0 Å². The summed E-state index contributed by atoms with van der Waals surface area (Å²) >= 11 is 0. The Kier molecular flexibility index (Phi) is 9.66. The molecule has 0 saturated heterocycles. The zero-order valence-electron chi connectivity index (χ0n) is 22.0. The minimum atomic E-state index is -0.796. The lowest BCUT2D eigenvalue weighted by Crippen LogP contribution is -2.14. The molecule has 0 nitrogen and oxygen atoms in total. The van der Waals surface area contributed by atoms with Crippen LogP contribution in [0, 0.1) is 23.4 Å². The van der Waals surface area contributed by atoms with Crippen LogP contribution in [-0.2, 0) is 6.42 Å². The standard InChI is InChI=1S/C34H39F3/c1-3-5-7-8-10-28-19-22-31(34(37)33(28)36)27-17-15-25(16-18-27)29-20-21-30(32(35)23-29)26-13-11-24(12-14-26)9-6-4-2/h4,15-24,26H,2-3,5-14H2,1H3. The molecule has 0 aromatic heterocycles. The molecule has 3 aromatic rings. The molecule has 0 heterocycles. The summed E-state index contributed by atoms with van der Waals surface area (Å²) in [7, 11) is 0. The summed E-state index contributed by atoms with van der Waals surface area (Å²) in [5, 5.41) is 0. The van der Waals surface area contributed by atoms with Crippen LogP contribution in [0.15, 0.2) is 67.3 Å². The number of benzene rings is 3. The quantitative estimate of drug-likeness (QED) is 0.180. The molecule has 3 heteroatoms. The highest BCUT2D eigenvalue weighted by Gasteiger charge is 2.24. The van der Waals surface area contributed by atoms with Gasteiger partial charge in [-0.15, -0.1) is 6.58 Å². The first-order valence-electron chi connectivity index (χ1n) is 14.0. The summed E-state index contributed by atoms with van der Waals surface area (Å²) in [6.45, 7) is 5.94. The van der Waals surface area contributed by atoms with Crippen molar-refractivity contribution in [2.45, 2.75) is 83.5 Å². The molecule has 0 spiro atoms.